The first-order valence-electron chi connectivity index (χ1n) is 16.1. The second kappa shape index (κ2) is 15.2. The molecule has 0 heterocycles. The monoisotopic (exact) mass is 652 g/mol. The van der Waals surface area contributed by atoms with Crippen LogP contribution in [0.2, 0.25) is 73.0 Å². The Balaban J connectivity index is 6.00. The van der Waals surface area contributed by atoms with E-state index in [1.807, 2.05) is 0 Å². The minimum Gasteiger partial charge on any atom is -0.416 e. The second-order valence-corrected chi connectivity index (χ2v) is 37.8. The van der Waals surface area contributed by atoms with Crippen LogP contribution in [0, 0.1) is 0 Å². The predicted molar refractivity (Wildman–Crippen MR) is 188 cm³/mol. The molecule has 0 radical (unpaired) electrons. The zero-order valence-electron chi connectivity index (χ0n) is 30.4. The fourth-order valence-electron chi connectivity index (χ4n) is 3.96. The molecule has 40 heavy (non-hydrogen) atoms. The van der Waals surface area contributed by atoms with E-state index in [2.05, 4.69) is 122 Å². The van der Waals surface area contributed by atoms with Crippen LogP contribution in [0.4, 0.5) is 0 Å². The van der Waals surface area contributed by atoms with E-state index < -0.39 is 42.3 Å². The zero-order valence-corrected chi connectivity index (χ0v) is 35.4. The molecule has 5 nitrogen and oxygen atoms in total. The fourth-order valence-corrected chi connectivity index (χ4v) is 23.0. The van der Waals surface area contributed by atoms with Crippen LogP contribution in [-0.4, -0.2) is 55.5 Å². The van der Waals surface area contributed by atoms with E-state index in [0.717, 1.165) is 31.7 Å². The molecule has 0 aliphatic carbocycles. The van der Waals surface area contributed by atoms with E-state index in [-0.39, 0.29) is 15.1 Å². The average Bonchev–Trinajstić information content (AvgIpc) is 2.69. The number of hydrogen-bond donors (Lipinski definition) is 0. The van der Waals surface area contributed by atoms with Crippen LogP contribution in [0.15, 0.2) is 0 Å². The lowest BCUT2D eigenvalue weighted by Crippen LogP contribution is -2.65. The van der Waals surface area contributed by atoms with Gasteiger partial charge in [-0.05, 0) is 87.3 Å². The molecule has 0 aromatic heterocycles. The first-order chi connectivity index (χ1) is 17.7. The average molecular weight is 653 g/mol. The summed E-state index contributed by atoms with van der Waals surface area (Å²) in [6, 6.07) is 1.99. The van der Waals surface area contributed by atoms with Gasteiger partial charge in [-0.15, -0.1) is 0 Å². The molecule has 0 aliphatic rings. The van der Waals surface area contributed by atoms with Crippen molar-refractivity contribution in [1.29, 1.82) is 0 Å². The molecule has 0 aliphatic heterocycles. The topological polar surface area (TPSA) is 46.2 Å². The van der Waals surface area contributed by atoms with Gasteiger partial charge in [-0.25, -0.2) is 0 Å². The van der Waals surface area contributed by atoms with Crippen LogP contribution in [0.5, 0.6) is 0 Å². The summed E-state index contributed by atoms with van der Waals surface area (Å²) >= 11 is 0. The van der Waals surface area contributed by atoms with Crippen LogP contribution in [0.25, 0.3) is 0 Å². The zero-order chi connectivity index (χ0) is 31.9. The second-order valence-electron chi connectivity index (χ2n) is 16.5. The maximum atomic E-state index is 7.45. The molecule has 10 heteroatoms. The minimum absolute atomic E-state index is 0.0937. The summed E-state index contributed by atoms with van der Waals surface area (Å²) in [6.45, 7) is 43.1. The van der Waals surface area contributed by atoms with E-state index in [0.29, 0.717) is 0 Å². The van der Waals surface area contributed by atoms with E-state index in [1.54, 1.807) is 0 Å². The van der Waals surface area contributed by atoms with Crippen molar-refractivity contribution < 1.29 is 21.2 Å². The van der Waals surface area contributed by atoms with Crippen LogP contribution in [-0.2, 0) is 21.2 Å². The van der Waals surface area contributed by atoms with Gasteiger partial charge in [0, 0.05) is 19.3 Å². The van der Waals surface area contributed by atoms with Crippen LogP contribution in [0.3, 0.4) is 0 Å². The van der Waals surface area contributed by atoms with Gasteiger partial charge in [-0.3, -0.25) is 0 Å². The molecule has 0 aromatic carbocycles. The maximum Gasteiger partial charge on any atom is 0.469 e. The molecule has 0 amide bonds. The summed E-state index contributed by atoms with van der Waals surface area (Å²) in [4.78, 5) is 0. The fraction of sp³-hybridized carbons (Fsp3) is 1.00. The molecule has 0 spiro atoms. The highest BCUT2D eigenvalue weighted by Gasteiger charge is 2.57. The molecule has 0 saturated heterocycles. The molecule has 242 valence electrons. The number of unbranched alkanes of at least 4 members (excludes halogenated alkanes) is 4. The maximum absolute atomic E-state index is 7.45. The molecule has 0 aromatic rings. The Morgan fingerprint density at radius 3 is 0.975 bits per heavy atom. The summed E-state index contributed by atoms with van der Waals surface area (Å²) in [5.41, 5.74) is 0. The first-order valence-corrected chi connectivity index (χ1v) is 29.3. The molecule has 0 bridgehead atoms. The van der Waals surface area contributed by atoms with Crippen molar-refractivity contribution in [2.24, 2.45) is 0 Å². The molecule has 0 rings (SSSR count). The predicted octanol–water partition coefficient (Wildman–Crippen LogP) is 11.1. The van der Waals surface area contributed by atoms with Crippen molar-refractivity contribution in [3.63, 3.8) is 0 Å². The summed E-state index contributed by atoms with van der Waals surface area (Å²) in [6.07, 6.45) is 5.88. The molecule has 0 atom stereocenters. The Morgan fingerprint density at radius 1 is 0.425 bits per heavy atom. The van der Waals surface area contributed by atoms with E-state index in [4.69, 9.17) is 21.2 Å². The summed E-state index contributed by atoms with van der Waals surface area (Å²) in [5, 5.41) is 0.281. The quantitative estimate of drug-likeness (QED) is 0.109. The van der Waals surface area contributed by atoms with Crippen molar-refractivity contribution in [2.45, 2.75) is 181 Å². The van der Waals surface area contributed by atoms with Gasteiger partial charge in [0.05, 0.1) is 0 Å². The third kappa shape index (κ3) is 12.9. The lowest BCUT2D eigenvalue weighted by molar-refractivity contribution is 0.188. The van der Waals surface area contributed by atoms with Crippen molar-refractivity contribution >= 4 is 42.3 Å². The lowest BCUT2D eigenvalue weighted by Gasteiger charge is -2.52. The Labute approximate surface area is 257 Å². The third-order valence-corrected chi connectivity index (χ3v) is 34.4. The summed E-state index contributed by atoms with van der Waals surface area (Å²) in [7, 11) is -11.4. The van der Waals surface area contributed by atoms with E-state index >= 15 is 0 Å². The van der Waals surface area contributed by atoms with Crippen molar-refractivity contribution in [3.05, 3.63) is 0 Å². The van der Waals surface area contributed by atoms with Crippen LogP contribution in [0.1, 0.15) is 108 Å². The van der Waals surface area contributed by atoms with Gasteiger partial charge in [0.2, 0.25) is 0 Å². The van der Waals surface area contributed by atoms with E-state index in [1.165, 1.54) is 25.7 Å². The van der Waals surface area contributed by atoms with Crippen molar-refractivity contribution in [3.8, 4) is 0 Å². The molecule has 0 unspecified atom stereocenters. The molecular weight excluding hydrogens is 581 g/mol. The van der Waals surface area contributed by atoms with Crippen molar-refractivity contribution in [2.75, 3.05) is 13.2 Å². The SMILES string of the molecule is CCO[Si](C)(CCCCCCC[Si](O[Si](C)(C)C(C)(C)C)(O[Si](C)(C)C(C)(C)C)O[Si](C)(C)C(C)(C)C)OCC. The molecular formula is C30H72O5Si5. The molecule has 0 saturated carbocycles. The lowest BCUT2D eigenvalue weighted by atomic mass is 10.2. The van der Waals surface area contributed by atoms with Crippen LogP contribution >= 0.6 is 0 Å². The van der Waals surface area contributed by atoms with Gasteiger partial charge >= 0.3 is 17.4 Å². The summed E-state index contributed by atoms with van der Waals surface area (Å²) < 4.78 is 34.5. The van der Waals surface area contributed by atoms with Crippen LogP contribution < -0.4 is 0 Å². The third-order valence-electron chi connectivity index (χ3n) is 9.66. The smallest absolute Gasteiger partial charge is 0.416 e. The summed E-state index contributed by atoms with van der Waals surface area (Å²) in [5.74, 6) is 0. The minimum atomic E-state index is -3.00. The van der Waals surface area contributed by atoms with Crippen molar-refractivity contribution in [1.82, 2.24) is 0 Å². The Morgan fingerprint density at radius 2 is 0.700 bits per heavy atom. The van der Waals surface area contributed by atoms with Gasteiger partial charge in [-0.2, -0.15) is 0 Å². The first kappa shape index (κ1) is 40.9. The van der Waals surface area contributed by atoms with Gasteiger partial charge in [0.25, 0.3) is 0 Å². The van der Waals surface area contributed by atoms with Gasteiger partial charge in [-0.1, -0.05) is 88.0 Å². The normalized spacial score (nSPS) is 15.2. The van der Waals surface area contributed by atoms with E-state index in [9.17, 15) is 0 Å². The van der Waals surface area contributed by atoms with Gasteiger partial charge in [0.1, 0.15) is 0 Å². The number of hydrogen-bond acceptors (Lipinski definition) is 5. The highest BCUT2D eigenvalue weighted by Crippen LogP contribution is 2.47. The highest BCUT2D eigenvalue weighted by molar-refractivity contribution is 6.92. The Kier molecular flexibility index (Phi) is 15.6. The Bertz CT molecular complexity index is 661. The Hall–Kier alpha value is 0.884. The molecule has 0 N–H and O–H groups in total. The largest absolute Gasteiger partial charge is 0.469 e. The van der Waals surface area contributed by atoms with Gasteiger partial charge < -0.3 is 21.2 Å². The molecule has 0 fully saturated rings. The van der Waals surface area contributed by atoms with Gasteiger partial charge in [0.15, 0.2) is 25.0 Å². The standard InChI is InChI=1S/C30H72O5Si5/c1-19-31-39(18,32-20-2)26-24-22-21-23-25-27-40(33-36(12,13)28(3,4)5,34-37(14,15)29(6,7)8)35-38(16,17)30(9,10)11/h19-27H2,1-18H3. The highest BCUT2D eigenvalue weighted by atomic mass is 28.5. The number of rotatable bonds is 18.